The summed E-state index contributed by atoms with van der Waals surface area (Å²) < 4.78 is 0. The van der Waals surface area contributed by atoms with Crippen molar-refractivity contribution in [2.45, 2.75) is 83.1 Å². The number of aryl methyl sites for hydroxylation is 12. The van der Waals surface area contributed by atoms with E-state index in [0.29, 0.717) is 0 Å². The molecule has 0 aromatic carbocycles. The Hall–Kier alpha value is -5.72. The second kappa shape index (κ2) is 18.9. The molecule has 6 aromatic rings. The Morgan fingerprint density at radius 2 is 0.431 bits per heavy atom. The molecular weight excluding hydrogens is 718 g/mol. The Labute approximate surface area is 305 Å². The Morgan fingerprint density at radius 1 is 0.333 bits per heavy atom. The van der Waals surface area contributed by atoms with Gasteiger partial charge in [0.1, 0.15) is 0 Å². The zero-order valence-electron chi connectivity index (χ0n) is 30.7. The molecule has 270 valence electrons. The van der Waals surface area contributed by atoms with Crippen LogP contribution in [0.15, 0.2) is 0 Å². The van der Waals surface area contributed by atoms with E-state index in [1.54, 1.807) is 0 Å². The van der Waals surface area contributed by atoms with Gasteiger partial charge < -0.3 is 60.5 Å². The molecule has 0 aliphatic rings. The van der Waals surface area contributed by atoms with Crippen LogP contribution in [0.3, 0.4) is 0 Å². The molecular formula is C30H42N14O6Zn. The Balaban J connectivity index is 0.000000343. The van der Waals surface area contributed by atoms with Crippen molar-refractivity contribution in [3.63, 3.8) is 0 Å². The molecule has 0 fully saturated rings. The molecule has 0 radical (unpaired) electrons. The molecule has 0 saturated carbocycles. The van der Waals surface area contributed by atoms with Crippen LogP contribution in [0.25, 0.3) is 34.9 Å². The maximum Gasteiger partial charge on any atom is 2.00 e. The maximum atomic E-state index is 8.25. The average Bonchev–Trinajstić information content (AvgIpc) is 3.84. The van der Waals surface area contributed by atoms with E-state index < -0.39 is 10.2 Å². The predicted octanol–water partition coefficient (Wildman–Crippen LogP) is 5.62. The second-order valence-corrected chi connectivity index (χ2v) is 11.2. The first-order valence-electron chi connectivity index (χ1n) is 15.0. The van der Waals surface area contributed by atoms with Crippen LogP contribution in [0, 0.1) is 114 Å². The standard InChI is InChI=1S/3C10H14N4.2NO3.Zn/c3*1-5-6(2)12-9(11-5)10-13-7(3)8(4)14-10;2*2-1(3)4;/h3*1-4H3,(H,11,12)(H,13,14);;;/q;;;2*-1;+2. The first kappa shape index (κ1) is 43.3. The van der Waals surface area contributed by atoms with E-state index in [1.807, 2.05) is 83.1 Å². The van der Waals surface area contributed by atoms with Crippen LogP contribution < -0.4 is 0 Å². The normalized spacial score (nSPS) is 9.88. The number of rotatable bonds is 3. The summed E-state index contributed by atoms with van der Waals surface area (Å²) in [7, 11) is 0. The van der Waals surface area contributed by atoms with Crippen LogP contribution in [0.2, 0.25) is 0 Å². The predicted molar refractivity (Wildman–Crippen MR) is 186 cm³/mol. The van der Waals surface area contributed by atoms with Gasteiger partial charge >= 0.3 is 19.5 Å². The van der Waals surface area contributed by atoms with Gasteiger partial charge in [0.05, 0.1) is 44.3 Å². The number of aromatic amines is 6. The van der Waals surface area contributed by atoms with Crippen molar-refractivity contribution in [1.82, 2.24) is 59.8 Å². The largest absolute Gasteiger partial charge is 2.00 e. The van der Waals surface area contributed by atoms with E-state index in [4.69, 9.17) is 30.6 Å². The number of aromatic nitrogens is 12. The smallest absolute Gasteiger partial charge is 0.356 e. The molecule has 0 bridgehead atoms. The fraction of sp³-hybridized carbons (Fsp3) is 0.400. The topological polar surface area (TPSA) is 304 Å². The fourth-order valence-electron chi connectivity index (χ4n) is 3.96. The third kappa shape index (κ3) is 12.9. The van der Waals surface area contributed by atoms with Crippen molar-refractivity contribution in [1.29, 1.82) is 0 Å². The molecule has 0 spiro atoms. The van der Waals surface area contributed by atoms with E-state index >= 15 is 0 Å². The van der Waals surface area contributed by atoms with Gasteiger partial charge in [-0.05, 0) is 83.1 Å². The number of H-pyrrole nitrogens is 6. The molecule has 21 heteroatoms. The molecule has 6 rings (SSSR count). The molecule has 0 aliphatic heterocycles. The summed E-state index contributed by atoms with van der Waals surface area (Å²) in [4.78, 5) is 62.0. The molecule has 0 saturated heterocycles. The van der Waals surface area contributed by atoms with Crippen LogP contribution >= 0.6 is 0 Å². The summed E-state index contributed by atoms with van der Waals surface area (Å²) in [6, 6.07) is 0. The summed E-state index contributed by atoms with van der Waals surface area (Å²) >= 11 is 0. The third-order valence-corrected chi connectivity index (χ3v) is 7.44. The zero-order valence-corrected chi connectivity index (χ0v) is 33.7. The average molecular weight is 760 g/mol. The van der Waals surface area contributed by atoms with Gasteiger partial charge in [-0.25, -0.2) is 29.9 Å². The minimum atomic E-state index is -1.75. The molecule has 0 aliphatic carbocycles. The van der Waals surface area contributed by atoms with E-state index in [1.165, 1.54) is 0 Å². The molecule has 20 nitrogen and oxygen atoms in total. The molecule has 0 atom stereocenters. The molecule has 0 amide bonds. The van der Waals surface area contributed by atoms with Gasteiger partial charge in [-0.1, -0.05) is 0 Å². The van der Waals surface area contributed by atoms with Crippen molar-refractivity contribution in [3.8, 4) is 34.9 Å². The Bertz CT molecular complexity index is 1570. The zero-order chi connectivity index (χ0) is 38.0. The molecule has 51 heavy (non-hydrogen) atoms. The molecule has 6 aromatic heterocycles. The molecule has 6 heterocycles. The van der Waals surface area contributed by atoms with E-state index in [0.717, 1.165) is 103 Å². The van der Waals surface area contributed by atoms with Crippen molar-refractivity contribution in [2.75, 3.05) is 0 Å². The van der Waals surface area contributed by atoms with Crippen LogP contribution in [0.1, 0.15) is 68.3 Å². The van der Waals surface area contributed by atoms with Crippen molar-refractivity contribution < 1.29 is 29.7 Å². The first-order valence-corrected chi connectivity index (χ1v) is 15.0. The van der Waals surface area contributed by atoms with Gasteiger partial charge in [0.25, 0.3) is 0 Å². The summed E-state index contributed by atoms with van der Waals surface area (Å²) in [5.74, 6) is 4.90. The van der Waals surface area contributed by atoms with Gasteiger partial charge in [-0.3, -0.25) is 0 Å². The summed E-state index contributed by atoms with van der Waals surface area (Å²) in [6.45, 7) is 24.0. The van der Waals surface area contributed by atoms with Crippen molar-refractivity contribution >= 4 is 0 Å². The van der Waals surface area contributed by atoms with Crippen LogP contribution in [0.5, 0.6) is 0 Å². The van der Waals surface area contributed by atoms with Crippen LogP contribution in [-0.2, 0) is 19.5 Å². The quantitative estimate of drug-likeness (QED) is 0.0727. The Kier molecular flexibility index (Phi) is 16.0. The van der Waals surface area contributed by atoms with Crippen molar-refractivity contribution in [3.05, 3.63) is 99.0 Å². The minimum absolute atomic E-state index is 0. The number of hydrogen-bond acceptors (Lipinski definition) is 12. The van der Waals surface area contributed by atoms with E-state index in [9.17, 15) is 0 Å². The van der Waals surface area contributed by atoms with Gasteiger partial charge in [0.2, 0.25) is 0 Å². The van der Waals surface area contributed by atoms with Gasteiger partial charge in [-0.15, -0.1) is 0 Å². The molecule has 6 N–H and O–H groups in total. The maximum absolute atomic E-state index is 8.25. The number of imidazole rings is 6. The number of hydrogen-bond donors (Lipinski definition) is 6. The fourth-order valence-corrected chi connectivity index (χ4v) is 3.96. The van der Waals surface area contributed by atoms with Crippen LogP contribution in [-0.4, -0.2) is 70.0 Å². The van der Waals surface area contributed by atoms with Gasteiger partial charge in [0.15, 0.2) is 34.9 Å². The number of nitrogens with zero attached hydrogens (tertiary/aromatic N) is 8. The summed E-state index contributed by atoms with van der Waals surface area (Å²) in [5, 5.41) is 29.5. The monoisotopic (exact) mass is 758 g/mol. The van der Waals surface area contributed by atoms with Crippen molar-refractivity contribution in [2.24, 2.45) is 0 Å². The van der Waals surface area contributed by atoms with Crippen LogP contribution in [0.4, 0.5) is 0 Å². The van der Waals surface area contributed by atoms with Gasteiger partial charge in [0, 0.05) is 34.2 Å². The Morgan fingerprint density at radius 3 is 0.490 bits per heavy atom. The summed E-state index contributed by atoms with van der Waals surface area (Å²) in [5.41, 5.74) is 12.7. The minimum Gasteiger partial charge on any atom is -0.356 e. The third-order valence-electron chi connectivity index (χ3n) is 7.44. The SMILES string of the molecule is Cc1nc(-c2nc(C)c(C)[nH]2)[nH]c1C.Cc1nc(-c2nc(C)c(C)[nH]2)[nH]c1C.Cc1nc(-c2nc(C)c(C)[nH]2)[nH]c1C.O=[N+]([O-])[O-].O=[N+]([O-])[O-].[Zn+2]. The number of nitrogens with one attached hydrogen (secondary N) is 6. The van der Waals surface area contributed by atoms with E-state index in [2.05, 4.69) is 59.8 Å². The second-order valence-electron chi connectivity index (χ2n) is 11.2. The summed E-state index contributed by atoms with van der Waals surface area (Å²) in [6.07, 6.45) is 0. The van der Waals surface area contributed by atoms with Gasteiger partial charge in [-0.2, -0.15) is 0 Å². The van der Waals surface area contributed by atoms with E-state index in [-0.39, 0.29) is 19.5 Å². The molecule has 0 unspecified atom stereocenters. The first-order chi connectivity index (χ1) is 23.2.